The van der Waals surface area contributed by atoms with Crippen LogP contribution < -0.4 is 5.32 Å². The maximum atomic E-state index is 12.7. The van der Waals surface area contributed by atoms with Crippen molar-refractivity contribution < 1.29 is 8.42 Å². The molecule has 8 heteroatoms. The van der Waals surface area contributed by atoms with Crippen LogP contribution in [-0.2, 0) is 10.0 Å². The second-order valence-corrected chi connectivity index (χ2v) is 7.92. The van der Waals surface area contributed by atoms with Gasteiger partial charge in [0.15, 0.2) is 0 Å². The molecule has 0 spiro atoms. The molecule has 1 atom stereocenters. The Balaban J connectivity index is 0.00000176. The number of sulfonamides is 1. The monoisotopic (exact) mass is 365 g/mol. The van der Waals surface area contributed by atoms with Gasteiger partial charge in [0.25, 0.3) is 0 Å². The SMILES string of the molecule is Cl.O=S(=O)(c1cccc(Cl)c1)N1CCC(N2CCNCC2)C1. The number of hydrogen-bond acceptors (Lipinski definition) is 4. The van der Waals surface area contributed by atoms with E-state index in [1.807, 2.05) is 0 Å². The quantitative estimate of drug-likeness (QED) is 0.880. The van der Waals surface area contributed by atoms with Gasteiger partial charge in [0.1, 0.15) is 0 Å². The fraction of sp³-hybridized carbons (Fsp3) is 0.571. The maximum Gasteiger partial charge on any atom is 0.243 e. The summed E-state index contributed by atoms with van der Waals surface area (Å²) in [6.45, 7) is 5.12. The molecule has 0 bridgehead atoms. The Morgan fingerprint density at radius 1 is 1.18 bits per heavy atom. The highest BCUT2D eigenvalue weighted by Gasteiger charge is 2.35. The van der Waals surface area contributed by atoms with Crippen molar-refractivity contribution in [3.63, 3.8) is 0 Å². The van der Waals surface area contributed by atoms with Crippen molar-refractivity contribution in [2.24, 2.45) is 0 Å². The van der Waals surface area contributed by atoms with Crippen LogP contribution >= 0.6 is 24.0 Å². The lowest BCUT2D eigenvalue weighted by Crippen LogP contribution is -2.49. The van der Waals surface area contributed by atoms with Crippen LogP contribution in [-0.4, -0.2) is 62.9 Å². The molecule has 2 aliphatic heterocycles. The van der Waals surface area contributed by atoms with Crippen LogP contribution in [0.5, 0.6) is 0 Å². The topological polar surface area (TPSA) is 52.7 Å². The number of halogens is 2. The van der Waals surface area contributed by atoms with E-state index in [-0.39, 0.29) is 17.3 Å². The molecule has 2 saturated heterocycles. The van der Waals surface area contributed by atoms with Crippen LogP contribution in [0.15, 0.2) is 29.2 Å². The van der Waals surface area contributed by atoms with E-state index in [4.69, 9.17) is 11.6 Å². The Morgan fingerprint density at radius 3 is 2.59 bits per heavy atom. The molecule has 2 fully saturated rings. The van der Waals surface area contributed by atoms with E-state index in [1.54, 1.807) is 22.5 Å². The van der Waals surface area contributed by atoms with Crippen molar-refractivity contribution in [2.75, 3.05) is 39.3 Å². The average Bonchev–Trinajstić information content (AvgIpc) is 2.99. The molecule has 3 rings (SSSR count). The summed E-state index contributed by atoms with van der Waals surface area (Å²) >= 11 is 5.91. The second-order valence-electron chi connectivity index (χ2n) is 5.55. The summed E-state index contributed by atoms with van der Waals surface area (Å²) < 4.78 is 26.9. The third-order valence-electron chi connectivity index (χ3n) is 4.23. The smallest absolute Gasteiger partial charge is 0.243 e. The largest absolute Gasteiger partial charge is 0.314 e. The lowest BCUT2D eigenvalue weighted by atomic mass is 10.2. The molecule has 0 saturated carbocycles. The molecule has 2 heterocycles. The van der Waals surface area contributed by atoms with Crippen molar-refractivity contribution in [3.8, 4) is 0 Å². The first-order valence-corrected chi connectivity index (χ1v) is 9.10. The van der Waals surface area contributed by atoms with Gasteiger partial charge in [-0.25, -0.2) is 8.42 Å². The van der Waals surface area contributed by atoms with Gasteiger partial charge < -0.3 is 5.32 Å². The summed E-state index contributed by atoms with van der Waals surface area (Å²) in [6, 6.07) is 6.84. The third-order valence-corrected chi connectivity index (χ3v) is 6.32. The molecule has 5 nitrogen and oxygen atoms in total. The molecule has 1 unspecified atom stereocenters. The summed E-state index contributed by atoms with van der Waals surface area (Å²) in [5.74, 6) is 0. The fourth-order valence-corrected chi connectivity index (χ4v) is 4.84. The van der Waals surface area contributed by atoms with E-state index in [2.05, 4.69) is 10.2 Å². The Kier molecular flexibility index (Phi) is 6.10. The summed E-state index contributed by atoms with van der Waals surface area (Å²) in [5, 5.41) is 3.78. The van der Waals surface area contributed by atoms with Crippen molar-refractivity contribution in [1.29, 1.82) is 0 Å². The molecule has 0 amide bonds. The van der Waals surface area contributed by atoms with Crippen LogP contribution in [0.3, 0.4) is 0 Å². The Bertz CT molecular complexity index is 606. The summed E-state index contributed by atoms with van der Waals surface area (Å²) in [7, 11) is -3.43. The van der Waals surface area contributed by atoms with Crippen LogP contribution in [0.4, 0.5) is 0 Å². The highest BCUT2D eigenvalue weighted by Crippen LogP contribution is 2.25. The number of hydrogen-bond donors (Lipinski definition) is 1. The van der Waals surface area contributed by atoms with E-state index in [1.165, 1.54) is 6.07 Å². The van der Waals surface area contributed by atoms with Crippen LogP contribution in [0.2, 0.25) is 5.02 Å². The van der Waals surface area contributed by atoms with Gasteiger partial charge in [-0.05, 0) is 24.6 Å². The summed E-state index contributed by atoms with van der Waals surface area (Å²) in [6.07, 6.45) is 0.903. The van der Waals surface area contributed by atoms with E-state index >= 15 is 0 Å². The third kappa shape index (κ3) is 3.75. The molecule has 1 N–H and O–H groups in total. The average molecular weight is 366 g/mol. The Labute approximate surface area is 143 Å². The minimum atomic E-state index is -3.43. The molecule has 1 aromatic carbocycles. The number of piperazine rings is 1. The molecule has 0 aliphatic carbocycles. The first-order valence-electron chi connectivity index (χ1n) is 7.28. The van der Waals surface area contributed by atoms with E-state index in [0.717, 1.165) is 32.6 Å². The van der Waals surface area contributed by atoms with E-state index in [0.29, 0.717) is 24.2 Å². The highest BCUT2D eigenvalue weighted by atomic mass is 35.5. The molecule has 124 valence electrons. The van der Waals surface area contributed by atoms with Crippen molar-refractivity contribution in [2.45, 2.75) is 17.4 Å². The molecule has 0 radical (unpaired) electrons. The molecular formula is C14H21Cl2N3O2S. The Morgan fingerprint density at radius 2 is 1.91 bits per heavy atom. The number of rotatable bonds is 3. The zero-order chi connectivity index (χ0) is 14.9. The molecule has 1 aromatic rings. The minimum absolute atomic E-state index is 0. The molecule has 22 heavy (non-hydrogen) atoms. The van der Waals surface area contributed by atoms with Gasteiger partial charge in [-0.15, -0.1) is 12.4 Å². The van der Waals surface area contributed by atoms with Crippen molar-refractivity contribution in [3.05, 3.63) is 29.3 Å². The van der Waals surface area contributed by atoms with Crippen LogP contribution in [0.1, 0.15) is 6.42 Å². The summed E-state index contributed by atoms with van der Waals surface area (Å²) in [5.41, 5.74) is 0. The van der Waals surface area contributed by atoms with Gasteiger partial charge in [0.05, 0.1) is 4.90 Å². The fourth-order valence-electron chi connectivity index (χ4n) is 3.05. The standard InChI is InChI=1S/C14H20ClN3O2S.ClH/c15-12-2-1-3-14(10-12)21(19,20)18-7-4-13(11-18)17-8-5-16-6-9-17;/h1-3,10,13,16H,4-9,11H2;1H. The normalized spacial score (nSPS) is 24.1. The van der Waals surface area contributed by atoms with E-state index in [9.17, 15) is 8.42 Å². The first kappa shape index (κ1) is 18.0. The highest BCUT2D eigenvalue weighted by molar-refractivity contribution is 7.89. The first-order chi connectivity index (χ1) is 10.1. The minimum Gasteiger partial charge on any atom is -0.314 e. The van der Waals surface area contributed by atoms with E-state index < -0.39 is 10.0 Å². The maximum absolute atomic E-state index is 12.7. The Hall–Kier alpha value is -0.370. The van der Waals surface area contributed by atoms with Crippen LogP contribution in [0, 0.1) is 0 Å². The van der Waals surface area contributed by atoms with Gasteiger partial charge in [-0.1, -0.05) is 17.7 Å². The van der Waals surface area contributed by atoms with Gasteiger partial charge in [-0.2, -0.15) is 4.31 Å². The van der Waals surface area contributed by atoms with Crippen molar-refractivity contribution in [1.82, 2.24) is 14.5 Å². The lowest BCUT2D eigenvalue weighted by Gasteiger charge is -2.32. The van der Waals surface area contributed by atoms with Crippen molar-refractivity contribution >= 4 is 34.0 Å². The van der Waals surface area contributed by atoms with Gasteiger partial charge >= 0.3 is 0 Å². The zero-order valence-corrected chi connectivity index (χ0v) is 14.6. The number of nitrogens with one attached hydrogen (secondary N) is 1. The second kappa shape index (κ2) is 7.47. The zero-order valence-electron chi connectivity index (χ0n) is 12.2. The predicted octanol–water partition coefficient (Wildman–Crippen LogP) is 1.43. The molecular weight excluding hydrogens is 345 g/mol. The summed E-state index contributed by atoms with van der Waals surface area (Å²) in [4.78, 5) is 2.68. The molecule has 0 aromatic heterocycles. The van der Waals surface area contributed by atoms with Crippen LogP contribution in [0.25, 0.3) is 0 Å². The van der Waals surface area contributed by atoms with Gasteiger partial charge in [-0.3, -0.25) is 4.90 Å². The molecule has 2 aliphatic rings. The van der Waals surface area contributed by atoms with Gasteiger partial charge in [0.2, 0.25) is 10.0 Å². The number of nitrogens with zero attached hydrogens (tertiary/aromatic N) is 2. The van der Waals surface area contributed by atoms with Gasteiger partial charge in [0, 0.05) is 50.3 Å². The number of benzene rings is 1. The predicted molar refractivity (Wildman–Crippen MR) is 90.3 cm³/mol. The lowest BCUT2D eigenvalue weighted by molar-refractivity contribution is 0.179.